The van der Waals surface area contributed by atoms with Crippen LogP contribution in [0.2, 0.25) is 0 Å². The number of nitrogens with zero attached hydrogens (tertiary/aromatic N) is 1. The summed E-state index contributed by atoms with van der Waals surface area (Å²) in [7, 11) is 0. The second kappa shape index (κ2) is 11.9. The molecule has 0 saturated carbocycles. The van der Waals surface area contributed by atoms with Crippen molar-refractivity contribution in [2.45, 2.75) is 63.4 Å². The van der Waals surface area contributed by atoms with Crippen LogP contribution in [0.1, 0.15) is 68.2 Å². The maximum atomic E-state index is 12.0. The standard InChI is InChI=1S/C34H41NO6/c1-23-16-17-35(22-23)18-20-38-27-11-8-25(9-12-27)33-32(34(2,37)29-15-10-26(36)21-30(29)41-33)24-6-13-28(14-7-24)40-31-5-3-4-19-39-31/h6-15,21,23,31-33,36-37H,3-5,16-20,22H2,1-2H3. The smallest absolute Gasteiger partial charge is 0.199 e. The second-order valence-corrected chi connectivity index (χ2v) is 11.9. The quantitative estimate of drug-likeness (QED) is 0.343. The minimum Gasteiger partial charge on any atom is -0.508 e. The fourth-order valence-corrected chi connectivity index (χ4v) is 6.44. The molecule has 5 unspecified atom stereocenters. The van der Waals surface area contributed by atoms with E-state index in [9.17, 15) is 10.2 Å². The Hall–Kier alpha value is -3.26. The predicted molar refractivity (Wildman–Crippen MR) is 157 cm³/mol. The first-order valence-corrected chi connectivity index (χ1v) is 14.9. The number of aromatic hydroxyl groups is 1. The van der Waals surface area contributed by atoms with Crippen molar-refractivity contribution in [2.24, 2.45) is 5.92 Å². The van der Waals surface area contributed by atoms with Gasteiger partial charge in [0.15, 0.2) is 6.29 Å². The van der Waals surface area contributed by atoms with Crippen molar-refractivity contribution in [3.63, 3.8) is 0 Å². The van der Waals surface area contributed by atoms with Gasteiger partial charge in [-0.15, -0.1) is 0 Å². The van der Waals surface area contributed by atoms with Crippen LogP contribution in [0.15, 0.2) is 66.7 Å². The molecule has 3 heterocycles. The number of likely N-dealkylation sites (tertiary alicyclic amines) is 1. The summed E-state index contributed by atoms with van der Waals surface area (Å²) in [5.41, 5.74) is 1.23. The molecule has 0 radical (unpaired) electrons. The van der Waals surface area contributed by atoms with Gasteiger partial charge in [0.25, 0.3) is 0 Å². The fraction of sp³-hybridized carbons (Fsp3) is 0.471. The summed E-state index contributed by atoms with van der Waals surface area (Å²) in [6.07, 6.45) is 3.60. The number of ether oxygens (including phenoxy) is 4. The van der Waals surface area contributed by atoms with Crippen molar-refractivity contribution >= 4 is 0 Å². The zero-order valence-corrected chi connectivity index (χ0v) is 24.0. The van der Waals surface area contributed by atoms with Crippen molar-refractivity contribution < 1.29 is 29.2 Å². The van der Waals surface area contributed by atoms with Gasteiger partial charge >= 0.3 is 0 Å². The second-order valence-electron chi connectivity index (χ2n) is 11.9. The summed E-state index contributed by atoms with van der Waals surface area (Å²) in [6, 6.07) is 20.7. The SMILES string of the molecule is CC1CCN(CCOc2ccc(C3Oc4cc(O)ccc4C(C)(O)C3c3ccc(OC4CCCCO4)cc3)cc2)C1. The first-order chi connectivity index (χ1) is 19.9. The van der Waals surface area contributed by atoms with Crippen LogP contribution in [0, 0.1) is 5.92 Å². The summed E-state index contributed by atoms with van der Waals surface area (Å²) in [4.78, 5) is 2.45. The zero-order valence-electron chi connectivity index (χ0n) is 24.0. The molecule has 5 atom stereocenters. The van der Waals surface area contributed by atoms with Gasteiger partial charge in [-0.25, -0.2) is 0 Å². The minimum absolute atomic E-state index is 0.0966. The number of phenolic OH excluding ortho intramolecular Hbond substituents is 1. The topological polar surface area (TPSA) is 80.6 Å². The molecule has 7 heteroatoms. The molecular formula is C34H41NO6. The highest BCUT2D eigenvalue weighted by Crippen LogP contribution is 2.54. The summed E-state index contributed by atoms with van der Waals surface area (Å²) in [5.74, 6) is 2.47. The highest BCUT2D eigenvalue weighted by Gasteiger charge is 2.47. The number of rotatable bonds is 8. The van der Waals surface area contributed by atoms with Gasteiger partial charge < -0.3 is 29.2 Å². The molecule has 3 aliphatic rings. The molecule has 0 spiro atoms. The first kappa shape index (κ1) is 27.9. The maximum absolute atomic E-state index is 12.0. The van der Waals surface area contributed by atoms with Crippen molar-refractivity contribution in [1.29, 1.82) is 0 Å². The van der Waals surface area contributed by atoms with E-state index < -0.39 is 17.6 Å². The van der Waals surface area contributed by atoms with E-state index in [4.69, 9.17) is 18.9 Å². The van der Waals surface area contributed by atoms with Gasteiger partial charge in [-0.2, -0.15) is 0 Å². The number of hydrogen-bond donors (Lipinski definition) is 2. The lowest BCUT2D eigenvalue weighted by Crippen LogP contribution is -2.40. The number of benzene rings is 3. The van der Waals surface area contributed by atoms with Crippen LogP contribution in [0.4, 0.5) is 0 Å². The van der Waals surface area contributed by atoms with Crippen LogP contribution in [-0.4, -0.2) is 54.3 Å². The molecule has 6 rings (SSSR count). The number of fused-ring (bicyclic) bond motifs is 1. The van der Waals surface area contributed by atoms with E-state index in [1.807, 2.05) is 55.5 Å². The molecule has 2 N–H and O–H groups in total. The van der Waals surface area contributed by atoms with Crippen LogP contribution in [0.3, 0.4) is 0 Å². The molecule has 2 fully saturated rings. The number of phenols is 1. The maximum Gasteiger partial charge on any atom is 0.199 e. The normalized spacial score (nSPS) is 28.1. The van der Waals surface area contributed by atoms with Crippen LogP contribution in [0.5, 0.6) is 23.0 Å². The van der Waals surface area contributed by atoms with E-state index >= 15 is 0 Å². The average molecular weight is 560 g/mol. The Morgan fingerprint density at radius 2 is 1.71 bits per heavy atom. The molecule has 3 aromatic rings. The summed E-state index contributed by atoms with van der Waals surface area (Å²) in [6.45, 7) is 8.70. The molecule has 3 aliphatic heterocycles. The molecule has 0 aromatic heterocycles. The molecule has 41 heavy (non-hydrogen) atoms. The highest BCUT2D eigenvalue weighted by atomic mass is 16.7. The Morgan fingerprint density at radius 1 is 0.951 bits per heavy atom. The average Bonchev–Trinajstić information content (AvgIpc) is 3.39. The number of hydrogen-bond acceptors (Lipinski definition) is 7. The lowest BCUT2D eigenvalue weighted by molar-refractivity contribution is -0.105. The molecule has 0 aliphatic carbocycles. The third-order valence-corrected chi connectivity index (χ3v) is 8.71. The van der Waals surface area contributed by atoms with Gasteiger partial charge in [0, 0.05) is 31.1 Å². The third kappa shape index (κ3) is 6.17. The molecule has 218 valence electrons. The molecular weight excluding hydrogens is 518 g/mol. The fourth-order valence-electron chi connectivity index (χ4n) is 6.44. The van der Waals surface area contributed by atoms with Crippen molar-refractivity contribution in [3.8, 4) is 23.0 Å². The monoisotopic (exact) mass is 559 g/mol. The van der Waals surface area contributed by atoms with E-state index in [1.165, 1.54) is 6.42 Å². The largest absolute Gasteiger partial charge is 0.508 e. The molecule has 7 nitrogen and oxygen atoms in total. The van der Waals surface area contributed by atoms with Crippen LogP contribution >= 0.6 is 0 Å². The van der Waals surface area contributed by atoms with Crippen molar-refractivity contribution in [1.82, 2.24) is 4.90 Å². The highest BCUT2D eigenvalue weighted by molar-refractivity contribution is 5.49. The van der Waals surface area contributed by atoms with Crippen LogP contribution in [-0.2, 0) is 10.3 Å². The minimum atomic E-state index is -1.26. The summed E-state index contributed by atoms with van der Waals surface area (Å²) < 4.78 is 24.4. The Balaban J connectivity index is 1.23. The summed E-state index contributed by atoms with van der Waals surface area (Å²) in [5, 5.41) is 22.2. The third-order valence-electron chi connectivity index (χ3n) is 8.71. The van der Waals surface area contributed by atoms with Gasteiger partial charge in [-0.3, -0.25) is 4.90 Å². The molecule has 0 bridgehead atoms. The van der Waals surface area contributed by atoms with Crippen LogP contribution in [0.25, 0.3) is 0 Å². The Kier molecular flexibility index (Phi) is 8.11. The van der Waals surface area contributed by atoms with E-state index in [2.05, 4.69) is 11.8 Å². The van der Waals surface area contributed by atoms with Gasteiger partial charge in [-0.1, -0.05) is 31.2 Å². The lowest BCUT2D eigenvalue weighted by Gasteiger charge is -2.44. The van der Waals surface area contributed by atoms with E-state index in [1.54, 1.807) is 18.2 Å². The van der Waals surface area contributed by atoms with E-state index in [0.29, 0.717) is 17.9 Å². The van der Waals surface area contributed by atoms with E-state index in [-0.39, 0.29) is 12.0 Å². The summed E-state index contributed by atoms with van der Waals surface area (Å²) >= 11 is 0. The number of aliphatic hydroxyl groups is 1. The van der Waals surface area contributed by atoms with Crippen LogP contribution < -0.4 is 14.2 Å². The molecule has 0 amide bonds. The van der Waals surface area contributed by atoms with Gasteiger partial charge in [0.2, 0.25) is 0 Å². The van der Waals surface area contributed by atoms with Gasteiger partial charge in [-0.05, 0) is 86.2 Å². The Bertz CT molecular complexity index is 1300. The zero-order chi connectivity index (χ0) is 28.4. The van der Waals surface area contributed by atoms with E-state index in [0.717, 1.165) is 74.0 Å². The lowest BCUT2D eigenvalue weighted by atomic mass is 9.71. The Morgan fingerprint density at radius 3 is 2.41 bits per heavy atom. The molecule has 2 saturated heterocycles. The Labute approximate surface area is 242 Å². The van der Waals surface area contributed by atoms with Gasteiger partial charge in [0.05, 0.1) is 12.5 Å². The molecule has 3 aromatic carbocycles. The van der Waals surface area contributed by atoms with Gasteiger partial charge in [0.1, 0.15) is 41.3 Å². The predicted octanol–water partition coefficient (Wildman–Crippen LogP) is 6.14. The van der Waals surface area contributed by atoms with Crippen molar-refractivity contribution in [3.05, 3.63) is 83.4 Å². The first-order valence-electron chi connectivity index (χ1n) is 14.9. The van der Waals surface area contributed by atoms with Crippen molar-refractivity contribution in [2.75, 3.05) is 32.8 Å².